The van der Waals surface area contributed by atoms with Crippen LogP contribution in [0.4, 0.5) is 0 Å². The van der Waals surface area contributed by atoms with E-state index in [9.17, 15) is 34.4 Å². The molecule has 0 radical (unpaired) electrons. The number of aliphatic hydroxyl groups excluding tert-OH is 3. The van der Waals surface area contributed by atoms with E-state index in [-0.39, 0.29) is 38.9 Å². The highest BCUT2D eigenvalue weighted by Gasteiger charge is 2.27. The van der Waals surface area contributed by atoms with Crippen LogP contribution in [0.3, 0.4) is 0 Å². The first-order valence-corrected chi connectivity index (χ1v) is 22.8. The van der Waals surface area contributed by atoms with Crippen LogP contribution in [0.1, 0.15) is 110 Å². The number of phosphoric acid groups is 1. The monoisotopic (exact) mass is 851 g/mol. The van der Waals surface area contributed by atoms with Crippen molar-refractivity contribution in [2.75, 3.05) is 47.5 Å². The summed E-state index contributed by atoms with van der Waals surface area (Å²) in [5.74, 6) is -1.16. The van der Waals surface area contributed by atoms with Gasteiger partial charge in [-0.15, -0.1) is 0 Å². The average Bonchev–Trinajstić information content (AvgIpc) is 3.17. The summed E-state index contributed by atoms with van der Waals surface area (Å²) >= 11 is 0. The van der Waals surface area contributed by atoms with Crippen molar-refractivity contribution in [2.24, 2.45) is 0 Å². The molecule has 13 heteroatoms. The average molecular weight is 851 g/mol. The molecule has 0 rings (SSSR count). The van der Waals surface area contributed by atoms with Crippen LogP contribution >= 0.6 is 7.82 Å². The fraction of sp³-hybridized carbons (Fsp3) is 0.609. The van der Waals surface area contributed by atoms with E-state index in [0.717, 1.165) is 57.8 Å². The molecule has 0 aliphatic rings. The highest BCUT2D eigenvalue weighted by atomic mass is 31.2. The number of esters is 2. The van der Waals surface area contributed by atoms with Gasteiger partial charge < -0.3 is 34.2 Å². The van der Waals surface area contributed by atoms with Crippen LogP contribution in [0, 0.1) is 0 Å². The fourth-order valence-electron chi connectivity index (χ4n) is 5.01. The van der Waals surface area contributed by atoms with Crippen molar-refractivity contribution in [3.63, 3.8) is 0 Å². The Kier molecular flexibility index (Phi) is 34.7. The molecular formula is C46H77NO11P+. The molecule has 0 aliphatic carbocycles. The Morgan fingerprint density at radius 2 is 1.24 bits per heavy atom. The van der Waals surface area contributed by atoms with Crippen LogP contribution in [0.15, 0.2) is 97.2 Å². The van der Waals surface area contributed by atoms with Crippen LogP contribution in [-0.4, -0.2) is 109 Å². The maximum atomic E-state index is 12.7. The molecule has 0 spiro atoms. The second-order valence-corrected chi connectivity index (χ2v) is 16.6. The van der Waals surface area contributed by atoms with E-state index in [2.05, 4.69) is 43.4 Å². The number of hydrogen-bond acceptors (Lipinski definition) is 10. The Hall–Kier alpha value is -3.19. The molecule has 336 valence electrons. The molecule has 0 heterocycles. The molecule has 0 aromatic carbocycles. The highest BCUT2D eigenvalue weighted by molar-refractivity contribution is 7.47. The quantitative estimate of drug-likeness (QED) is 0.0119. The third kappa shape index (κ3) is 38.7. The van der Waals surface area contributed by atoms with Gasteiger partial charge in [-0.1, -0.05) is 130 Å². The first kappa shape index (κ1) is 55.8. The van der Waals surface area contributed by atoms with Crippen molar-refractivity contribution in [1.82, 2.24) is 0 Å². The summed E-state index contributed by atoms with van der Waals surface area (Å²) < 4.78 is 33.9. The molecular weight excluding hydrogens is 773 g/mol. The van der Waals surface area contributed by atoms with Crippen LogP contribution in [0.25, 0.3) is 0 Å². The predicted molar refractivity (Wildman–Crippen MR) is 237 cm³/mol. The third-order valence-corrected chi connectivity index (χ3v) is 9.44. The van der Waals surface area contributed by atoms with Crippen LogP contribution < -0.4 is 0 Å². The summed E-state index contributed by atoms with van der Waals surface area (Å²) in [6.45, 7) is 3.65. The summed E-state index contributed by atoms with van der Waals surface area (Å²) in [6.07, 6.45) is 36.9. The topological polar surface area (TPSA) is 169 Å². The molecule has 0 aromatic rings. The number of carbonyl (C=O) groups excluding carboxylic acids is 2. The second-order valence-electron chi connectivity index (χ2n) is 15.2. The van der Waals surface area contributed by atoms with Gasteiger partial charge in [-0.25, -0.2) is 4.57 Å². The molecule has 1 unspecified atom stereocenters. The zero-order valence-electron chi connectivity index (χ0n) is 36.5. The molecule has 0 amide bonds. The lowest BCUT2D eigenvalue weighted by Gasteiger charge is -2.24. The zero-order chi connectivity index (χ0) is 44.0. The van der Waals surface area contributed by atoms with Crippen LogP contribution in [0.2, 0.25) is 0 Å². The van der Waals surface area contributed by atoms with Crippen molar-refractivity contribution < 1.29 is 57.4 Å². The van der Waals surface area contributed by atoms with Crippen molar-refractivity contribution >= 4 is 19.8 Å². The largest absolute Gasteiger partial charge is 0.472 e. The standard InChI is InChI=1S/C46H76NO11P/c1-6-8-10-11-12-13-14-15-16-17-18-19-20-25-29-35-45(51)55-39-42(40-57-59(53,54)56-38-37-47(3,4)5)58-46(52)36-30-34-44(50)43(49)33-28-24-22-21-23-27-32-41(48)31-26-9-7-2/h8-10,12-13,15-16,21-24,26-28,32-33,41-44,48-50H,6-7,11,14,17-20,25,29-31,34-40H2,1-5H3/p+1/b10-8-,13-12-,16-15-,23-21+,24-22-,26-9-,32-27+,33-28-/t41-,42+,43+,44+/m0/s1. The van der Waals surface area contributed by atoms with Gasteiger partial charge in [-0.05, 0) is 64.2 Å². The van der Waals surface area contributed by atoms with E-state index in [1.54, 1.807) is 42.5 Å². The van der Waals surface area contributed by atoms with Gasteiger partial charge >= 0.3 is 19.8 Å². The summed E-state index contributed by atoms with van der Waals surface area (Å²) in [7, 11) is 1.23. The lowest BCUT2D eigenvalue weighted by molar-refractivity contribution is -0.870. The van der Waals surface area contributed by atoms with Gasteiger partial charge in [0.15, 0.2) is 6.10 Å². The number of ether oxygens (including phenoxy) is 2. The number of allylic oxidation sites excluding steroid dienone is 13. The Morgan fingerprint density at radius 3 is 1.92 bits per heavy atom. The number of quaternary nitrogens is 1. The summed E-state index contributed by atoms with van der Waals surface area (Å²) in [5, 5.41) is 30.5. The minimum Gasteiger partial charge on any atom is -0.462 e. The lowest BCUT2D eigenvalue weighted by atomic mass is 10.1. The number of phosphoric ester groups is 1. The van der Waals surface area contributed by atoms with Gasteiger partial charge in [0.1, 0.15) is 19.8 Å². The molecule has 59 heavy (non-hydrogen) atoms. The van der Waals surface area contributed by atoms with Crippen molar-refractivity contribution in [3.8, 4) is 0 Å². The van der Waals surface area contributed by atoms with Crippen molar-refractivity contribution in [1.29, 1.82) is 0 Å². The van der Waals surface area contributed by atoms with Gasteiger partial charge in [-0.3, -0.25) is 18.6 Å². The summed E-state index contributed by atoms with van der Waals surface area (Å²) in [4.78, 5) is 35.4. The molecule has 0 fully saturated rings. The first-order valence-electron chi connectivity index (χ1n) is 21.3. The number of rotatable bonds is 36. The van der Waals surface area contributed by atoms with E-state index in [0.29, 0.717) is 23.9 Å². The molecule has 4 N–H and O–H groups in total. The van der Waals surface area contributed by atoms with Gasteiger partial charge in [0.25, 0.3) is 0 Å². The van der Waals surface area contributed by atoms with Gasteiger partial charge in [0.05, 0.1) is 46.1 Å². The van der Waals surface area contributed by atoms with Crippen molar-refractivity contribution in [3.05, 3.63) is 97.2 Å². The van der Waals surface area contributed by atoms with Gasteiger partial charge in [0, 0.05) is 12.8 Å². The SMILES string of the molecule is CC/C=C\C/C=C\C/C=C\CCCCCCCC(=O)OC[C@H](COP(=O)(O)OCC[N+](C)(C)C)OC(=O)CCC[C@@H](O)[C@H](O)\C=C/C=C\C=C\C=C\[C@@H](O)C/C=C\CC. The fourth-order valence-corrected chi connectivity index (χ4v) is 5.76. The van der Waals surface area contributed by atoms with Crippen LogP contribution in [-0.2, 0) is 32.7 Å². The summed E-state index contributed by atoms with van der Waals surface area (Å²) in [5.41, 5.74) is 0. The first-order chi connectivity index (χ1) is 28.2. The number of carbonyl (C=O) groups is 2. The number of likely N-dealkylation sites (N-methyl/N-ethyl adjacent to an activating group) is 1. The van der Waals surface area contributed by atoms with E-state index in [1.807, 2.05) is 40.2 Å². The van der Waals surface area contributed by atoms with E-state index >= 15 is 0 Å². The minimum atomic E-state index is -4.48. The van der Waals surface area contributed by atoms with E-state index in [1.165, 1.54) is 6.08 Å². The van der Waals surface area contributed by atoms with Crippen LogP contribution in [0.5, 0.6) is 0 Å². The predicted octanol–water partition coefficient (Wildman–Crippen LogP) is 8.70. The Bertz CT molecular complexity index is 1380. The molecule has 0 aliphatic heterocycles. The van der Waals surface area contributed by atoms with Crippen molar-refractivity contribution in [2.45, 2.75) is 135 Å². The zero-order valence-corrected chi connectivity index (χ0v) is 37.4. The maximum Gasteiger partial charge on any atom is 0.472 e. The number of aliphatic hydroxyl groups is 3. The molecule has 12 nitrogen and oxygen atoms in total. The normalized spacial score (nSPS) is 16.2. The maximum absolute atomic E-state index is 12.7. The summed E-state index contributed by atoms with van der Waals surface area (Å²) in [6, 6.07) is 0. The smallest absolute Gasteiger partial charge is 0.462 e. The molecule has 0 bridgehead atoms. The number of nitrogens with zero attached hydrogens (tertiary/aromatic N) is 1. The van der Waals surface area contributed by atoms with E-state index < -0.39 is 50.8 Å². The van der Waals surface area contributed by atoms with E-state index in [4.69, 9.17) is 18.5 Å². The highest BCUT2D eigenvalue weighted by Crippen LogP contribution is 2.43. The molecule has 5 atom stereocenters. The molecule has 0 saturated heterocycles. The minimum absolute atomic E-state index is 0.0415. The number of unbranched alkanes of at least 4 members (excludes halogenated alkanes) is 5. The third-order valence-electron chi connectivity index (χ3n) is 8.45. The van der Waals surface area contributed by atoms with Gasteiger partial charge in [0.2, 0.25) is 0 Å². The Morgan fingerprint density at radius 1 is 0.661 bits per heavy atom. The Labute approximate surface area is 355 Å². The molecule has 0 aromatic heterocycles. The lowest BCUT2D eigenvalue weighted by Crippen LogP contribution is -2.37. The number of hydrogen-bond donors (Lipinski definition) is 4. The second kappa shape index (κ2) is 36.6. The Balaban J connectivity index is 4.77. The van der Waals surface area contributed by atoms with Gasteiger partial charge in [-0.2, -0.15) is 0 Å². The molecule has 0 saturated carbocycles.